The van der Waals surface area contributed by atoms with Crippen LogP contribution in [0, 0.1) is 0 Å². The summed E-state index contributed by atoms with van der Waals surface area (Å²) in [5.74, 6) is 0.329. The van der Waals surface area contributed by atoms with Crippen LogP contribution in [0.25, 0.3) is 5.69 Å². The molecule has 2 aromatic rings. The number of hydrogen-bond acceptors (Lipinski definition) is 4. The average molecular weight is 271 g/mol. The summed E-state index contributed by atoms with van der Waals surface area (Å²) in [6.07, 6.45) is -4.26. The molecule has 8 heteroatoms. The van der Waals surface area contributed by atoms with Crippen LogP contribution in [0.5, 0.6) is 0 Å². The third-order valence-corrected chi connectivity index (χ3v) is 2.49. The lowest BCUT2D eigenvalue weighted by molar-refractivity contribution is -0.126. The summed E-state index contributed by atoms with van der Waals surface area (Å²) in [6, 6.07) is 8.37. The van der Waals surface area contributed by atoms with Crippen LogP contribution in [0.3, 0.4) is 0 Å². The summed E-state index contributed by atoms with van der Waals surface area (Å²) in [5.41, 5.74) is 0.697. The van der Waals surface area contributed by atoms with Crippen molar-refractivity contribution in [3.05, 3.63) is 36.2 Å². The summed E-state index contributed by atoms with van der Waals surface area (Å²) in [4.78, 5) is 0. The molecular weight excluding hydrogens is 259 g/mol. The normalized spacial score (nSPS) is 13.5. The zero-order valence-electron chi connectivity index (χ0n) is 10.1. The first-order valence-corrected chi connectivity index (χ1v) is 5.61. The van der Waals surface area contributed by atoms with Crippen molar-refractivity contribution in [2.75, 3.05) is 6.54 Å². The number of rotatable bonds is 4. The van der Waals surface area contributed by atoms with Gasteiger partial charge in [-0.3, -0.25) is 5.32 Å². The van der Waals surface area contributed by atoms with Crippen LogP contribution in [0.15, 0.2) is 30.3 Å². The molecule has 0 aliphatic rings. The van der Waals surface area contributed by atoms with Crippen molar-refractivity contribution >= 4 is 0 Å². The Hall–Kier alpha value is -1.96. The van der Waals surface area contributed by atoms with Crippen molar-refractivity contribution in [3.8, 4) is 5.69 Å². The van der Waals surface area contributed by atoms with Crippen molar-refractivity contribution in [1.82, 2.24) is 25.5 Å². The van der Waals surface area contributed by atoms with E-state index >= 15 is 0 Å². The Balaban J connectivity index is 2.16. The number of tetrazole rings is 1. The molecule has 1 atom stereocenters. The predicted molar refractivity (Wildman–Crippen MR) is 61.6 cm³/mol. The number of aromatic nitrogens is 4. The van der Waals surface area contributed by atoms with Gasteiger partial charge in [-0.2, -0.15) is 17.9 Å². The van der Waals surface area contributed by atoms with E-state index in [-0.39, 0.29) is 0 Å². The summed E-state index contributed by atoms with van der Waals surface area (Å²) in [6.45, 7) is 0.493. The number of nitrogens with one attached hydrogen (secondary N) is 1. The van der Waals surface area contributed by atoms with Gasteiger partial charge in [-0.05, 0) is 29.5 Å². The second kappa shape index (κ2) is 5.35. The van der Waals surface area contributed by atoms with Gasteiger partial charge in [-0.15, -0.1) is 5.10 Å². The highest BCUT2D eigenvalue weighted by atomic mass is 19.4. The van der Waals surface area contributed by atoms with E-state index in [1.165, 1.54) is 4.68 Å². The number of hydrogen-bond donors (Lipinski definition) is 1. The Labute approximate surface area is 107 Å². The van der Waals surface area contributed by atoms with Gasteiger partial charge in [-0.25, -0.2) is 0 Å². The molecule has 1 N–H and O–H groups in total. The molecule has 5 nitrogen and oxygen atoms in total. The predicted octanol–water partition coefficient (Wildman–Crippen LogP) is 1.88. The van der Waals surface area contributed by atoms with E-state index in [0.29, 0.717) is 11.5 Å². The lowest BCUT2D eigenvalue weighted by atomic mass is 10.3. The first kappa shape index (κ1) is 13.5. The third kappa shape index (κ3) is 3.50. The Morgan fingerprint density at radius 3 is 2.58 bits per heavy atom. The van der Waals surface area contributed by atoms with Crippen molar-refractivity contribution < 1.29 is 13.2 Å². The number of halogens is 3. The second-order valence-electron chi connectivity index (χ2n) is 4.00. The van der Waals surface area contributed by atoms with E-state index in [0.717, 1.165) is 0 Å². The molecule has 0 amide bonds. The van der Waals surface area contributed by atoms with Gasteiger partial charge in [-0.1, -0.05) is 18.2 Å². The van der Waals surface area contributed by atoms with E-state index in [1.54, 1.807) is 31.2 Å². The van der Waals surface area contributed by atoms with Crippen LogP contribution in [0.1, 0.15) is 18.8 Å². The molecule has 102 valence electrons. The van der Waals surface area contributed by atoms with Crippen molar-refractivity contribution in [1.29, 1.82) is 0 Å². The minimum Gasteiger partial charge on any atom is -0.299 e. The van der Waals surface area contributed by atoms with Crippen molar-refractivity contribution in [2.24, 2.45) is 0 Å². The van der Waals surface area contributed by atoms with Crippen LogP contribution in [0.2, 0.25) is 0 Å². The number of alkyl halides is 3. The highest BCUT2D eigenvalue weighted by molar-refractivity contribution is 5.30. The minimum atomic E-state index is -4.26. The molecular formula is C11H12F3N5. The number of para-hydroxylation sites is 1. The molecule has 1 heterocycles. The molecule has 0 spiro atoms. The fourth-order valence-corrected chi connectivity index (χ4v) is 1.58. The summed E-state index contributed by atoms with van der Waals surface area (Å²) in [7, 11) is 0. The average Bonchev–Trinajstić information content (AvgIpc) is 2.85. The van der Waals surface area contributed by atoms with Gasteiger partial charge in [0.1, 0.15) is 0 Å². The number of nitrogens with zero attached hydrogens (tertiary/aromatic N) is 4. The van der Waals surface area contributed by atoms with Crippen LogP contribution in [-0.2, 0) is 0 Å². The van der Waals surface area contributed by atoms with Crippen LogP contribution in [-0.4, -0.2) is 32.9 Å². The molecule has 1 aromatic heterocycles. The molecule has 0 radical (unpaired) electrons. The fourth-order valence-electron chi connectivity index (χ4n) is 1.58. The molecule has 0 fully saturated rings. The van der Waals surface area contributed by atoms with Gasteiger partial charge in [0.25, 0.3) is 0 Å². The third-order valence-electron chi connectivity index (χ3n) is 2.49. The minimum absolute atomic E-state index is 0.329. The zero-order valence-corrected chi connectivity index (χ0v) is 10.1. The highest BCUT2D eigenvalue weighted by Crippen LogP contribution is 2.17. The molecule has 0 aliphatic heterocycles. The number of benzene rings is 1. The Morgan fingerprint density at radius 2 is 1.95 bits per heavy atom. The Kier molecular flexibility index (Phi) is 3.79. The quantitative estimate of drug-likeness (QED) is 0.922. The molecule has 0 unspecified atom stereocenters. The van der Waals surface area contributed by atoms with Crippen molar-refractivity contribution in [3.63, 3.8) is 0 Å². The molecule has 0 saturated heterocycles. The molecule has 19 heavy (non-hydrogen) atoms. The highest BCUT2D eigenvalue weighted by Gasteiger charge is 2.28. The van der Waals surface area contributed by atoms with Gasteiger partial charge < -0.3 is 0 Å². The maximum atomic E-state index is 12.2. The van der Waals surface area contributed by atoms with E-state index in [2.05, 4.69) is 20.8 Å². The first-order valence-electron chi connectivity index (χ1n) is 5.61. The van der Waals surface area contributed by atoms with Gasteiger partial charge in [0.2, 0.25) is 0 Å². The molecule has 0 saturated carbocycles. The lowest BCUT2D eigenvalue weighted by Gasteiger charge is -2.14. The Morgan fingerprint density at radius 1 is 1.26 bits per heavy atom. The summed E-state index contributed by atoms with van der Waals surface area (Å²) >= 11 is 0. The van der Waals surface area contributed by atoms with Crippen LogP contribution >= 0.6 is 0 Å². The van der Waals surface area contributed by atoms with E-state index in [4.69, 9.17) is 0 Å². The maximum absolute atomic E-state index is 12.2. The van der Waals surface area contributed by atoms with E-state index < -0.39 is 18.8 Å². The lowest BCUT2D eigenvalue weighted by Crippen LogP contribution is -2.32. The standard InChI is InChI=1S/C11H12F3N5/c1-8(15-7-11(12,13)14)10-16-17-18-19(10)9-5-3-2-4-6-9/h2-6,8,15H,7H2,1H3/t8-/m0/s1. The monoisotopic (exact) mass is 271 g/mol. The van der Waals surface area contributed by atoms with Gasteiger partial charge in [0, 0.05) is 0 Å². The van der Waals surface area contributed by atoms with Crippen molar-refractivity contribution in [2.45, 2.75) is 19.1 Å². The topological polar surface area (TPSA) is 55.6 Å². The molecule has 0 bridgehead atoms. The summed E-state index contributed by atoms with van der Waals surface area (Å²) in [5, 5.41) is 13.4. The largest absolute Gasteiger partial charge is 0.401 e. The molecule has 0 aliphatic carbocycles. The molecule has 2 rings (SSSR count). The SMILES string of the molecule is C[C@H](NCC(F)(F)F)c1nnnn1-c1ccccc1. The van der Waals surface area contributed by atoms with Gasteiger partial charge in [0.05, 0.1) is 18.3 Å². The van der Waals surface area contributed by atoms with Gasteiger partial charge >= 0.3 is 6.18 Å². The Bertz CT molecular complexity index is 523. The zero-order chi connectivity index (χ0) is 13.9. The molecule has 1 aromatic carbocycles. The smallest absolute Gasteiger partial charge is 0.299 e. The van der Waals surface area contributed by atoms with Crippen LogP contribution in [0.4, 0.5) is 13.2 Å². The van der Waals surface area contributed by atoms with E-state index in [9.17, 15) is 13.2 Å². The fraction of sp³-hybridized carbons (Fsp3) is 0.364. The van der Waals surface area contributed by atoms with E-state index in [1.807, 2.05) is 6.07 Å². The first-order chi connectivity index (χ1) is 8.97. The van der Waals surface area contributed by atoms with Crippen LogP contribution < -0.4 is 5.32 Å². The second-order valence-corrected chi connectivity index (χ2v) is 4.00. The maximum Gasteiger partial charge on any atom is 0.401 e. The van der Waals surface area contributed by atoms with Gasteiger partial charge in [0.15, 0.2) is 5.82 Å². The summed E-state index contributed by atoms with van der Waals surface area (Å²) < 4.78 is 37.9.